The Bertz CT molecular complexity index is 1140. The summed E-state index contributed by atoms with van der Waals surface area (Å²) < 4.78 is 16.3. The highest BCUT2D eigenvalue weighted by Crippen LogP contribution is 2.42. The molecule has 3 aromatic rings. The minimum Gasteiger partial charge on any atom is -0.508 e. The van der Waals surface area contributed by atoms with Crippen molar-refractivity contribution in [1.29, 1.82) is 0 Å². The van der Waals surface area contributed by atoms with Crippen LogP contribution in [0.1, 0.15) is 36.0 Å². The van der Waals surface area contributed by atoms with E-state index in [0.717, 1.165) is 24.1 Å². The molecule has 1 unspecified atom stereocenters. The lowest BCUT2D eigenvalue weighted by Crippen LogP contribution is -2.60. The monoisotopic (exact) mass is 489 g/mol. The maximum Gasteiger partial charge on any atom is 0.364 e. The molecule has 188 valence electrons. The normalized spacial score (nSPS) is 23.4. The molecule has 2 aliphatic rings. The number of aromatic hydroxyl groups is 1. The molecular weight excluding hydrogens is 455 g/mol. The third-order valence-corrected chi connectivity index (χ3v) is 8.18. The van der Waals surface area contributed by atoms with Crippen LogP contribution >= 0.6 is 0 Å². The SMILES string of the molecule is O=C(O)[C@@H]1C(N2CCC(F)(c3cccc(O)c3)CC2)CC[N+]1(Cc1ccccc1)Cc1ccccc1. The van der Waals surface area contributed by atoms with Gasteiger partial charge in [0.2, 0.25) is 6.04 Å². The summed E-state index contributed by atoms with van der Waals surface area (Å²) in [4.78, 5) is 15.1. The molecule has 0 saturated carbocycles. The first-order valence-electron chi connectivity index (χ1n) is 12.8. The summed E-state index contributed by atoms with van der Waals surface area (Å²) in [6, 6.07) is 26.0. The van der Waals surface area contributed by atoms with Crippen LogP contribution in [0, 0.1) is 0 Å². The zero-order valence-electron chi connectivity index (χ0n) is 20.5. The maximum atomic E-state index is 15.9. The van der Waals surface area contributed by atoms with Crippen molar-refractivity contribution in [2.75, 3.05) is 19.6 Å². The summed E-state index contributed by atoms with van der Waals surface area (Å²) in [5, 5.41) is 20.4. The van der Waals surface area contributed by atoms with Crippen molar-refractivity contribution in [1.82, 2.24) is 4.90 Å². The number of hydrogen-bond acceptors (Lipinski definition) is 3. The number of phenols is 1. The number of likely N-dealkylation sites (tertiary alicyclic amines) is 2. The average Bonchev–Trinajstić information content (AvgIpc) is 3.24. The Balaban J connectivity index is 1.41. The van der Waals surface area contributed by atoms with Crippen LogP contribution in [0.5, 0.6) is 5.75 Å². The standard InChI is InChI=1S/C30H33FN2O3/c31-30(25-12-7-13-26(34)20-25)15-17-32(18-16-30)27-14-19-33(28(27)29(35)36,21-23-8-3-1-4-9-23)22-24-10-5-2-6-11-24/h1-13,20,27-28H,14-19,21-22H2,(H-,34,35,36)/p+1/t27?,28-/m0/s1. The summed E-state index contributed by atoms with van der Waals surface area (Å²) in [6.45, 7) is 3.05. The van der Waals surface area contributed by atoms with Crippen LogP contribution in [-0.4, -0.2) is 57.3 Å². The van der Waals surface area contributed by atoms with E-state index in [4.69, 9.17) is 0 Å². The summed E-state index contributed by atoms with van der Waals surface area (Å²) in [5.41, 5.74) is 1.25. The van der Waals surface area contributed by atoms with Gasteiger partial charge in [-0.3, -0.25) is 4.90 Å². The number of benzene rings is 3. The molecule has 3 aromatic carbocycles. The van der Waals surface area contributed by atoms with Gasteiger partial charge in [0.05, 0.1) is 12.6 Å². The minimum atomic E-state index is -1.51. The van der Waals surface area contributed by atoms with Gasteiger partial charge in [0.1, 0.15) is 24.5 Å². The topological polar surface area (TPSA) is 60.8 Å². The predicted octanol–water partition coefficient (Wildman–Crippen LogP) is 5.10. The van der Waals surface area contributed by atoms with Gasteiger partial charge >= 0.3 is 5.97 Å². The fraction of sp³-hybridized carbons (Fsp3) is 0.367. The molecule has 2 heterocycles. The van der Waals surface area contributed by atoms with Crippen molar-refractivity contribution in [2.24, 2.45) is 0 Å². The van der Waals surface area contributed by atoms with E-state index < -0.39 is 17.7 Å². The van der Waals surface area contributed by atoms with Crippen molar-refractivity contribution >= 4 is 5.97 Å². The number of phenolic OH excluding ortho intramolecular Hbond substituents is 1. The van der Waals surface area contributed by atoms with E-state index >= 15 is 4.39 Å². The van der Waals surface area contributed by atoms with Gasteiger partial charge in [-0.25, -0.2) is 9.18 Å². The van der Waals surface area contributed by atoms with E-state index in [1.165, 1.54) is 6.07 Å². The van der Waals surface area contributed by atoms with E-state index in [-0.39, 0.29) is 24.6 Å². The van der Waals surface area contributed by atoms with E-state index in [2.05, 4.69) is 29.2 Å². The third kappa shape index (κ3) is 4.88. The Morgan fingerprint density at radius 3 is 2.03 bits per heavy atom. The fourth-order valence-electron chi connectivity index (χ4n) is 6.42. The molecular formula is C30H34FN2O3+. The van der Waals surface area contributed by atoms with Crippen molar-refractivity contribution in [2.45, 2.75) is 50.1 Å². The highest BCUT2D eigenvalue weighted by molar-refractivity contribution is 5.73. The van der Waals surface area contributed by atoms with E-state index in [1.54, 1.807) is 18.2 Å². The van der Waals surface area contributed by atoms with E-state index in [1.807, 2.05) is 36.4 Å². The summed E-state index contributed by atoms with van der Waals surface area (Å²) in [5.74, 6) is -0.716. The van der Waals surface area contributed by atoms with Gasteiger partial charge in [0.25, 0.3) is 0 Å². The molecule has 2 atom stereocenters. The van der Waals surface area contributed by atoms with Crippen molar-refractivity contribution in [3.05, 3.63) is 102 Å². The lowest BCUT2D eigenvalue weighted by atomic mass is 9.85. The first kappa shape index (κ1) is 24.5. The Morgan fingerprint density at radius 2 is 1.50 bits per heavy atom. The van der Waals surface area contributed by atoms with Gasteiger partial charge in [-0.05, 0) is 30.5 Å². The molecule has 0 amide bonds. The van der Waals surface area contributed by atoms with Gasteiger partial charge in [0.15, 0.2) is 0 Å². The van der Waals surface area contributed by atoms with E-state index in [0.29, 0.717) is 36.2 Å². The first-order valence-corrected chi connectivity index (χ1v) is 12.8. The number of carboxylic acid groups (broad SMARTS) is 1. The number of quaternary nitrogens is 1. The summed E-state index contributed by atoms with van der Waals surface area (Å²) in [7, 11) is 0. The molecule has 5 rings (SSSR count). The van der Waals surface area contributed by atoms with Crippen LogP contribution < -0.4 is 0 Å². The molecule has 36 heavy (non-hydrogen) atoms. The van der Waals surface area contributed by atoms with Crippen LogP contribution in [0.4, 0.5) is 4.39 Å². The smallest absolute Gasteiger partial charge is 0.364 e. The van der Waals surface area contributed by atoms with Gasteiger partial charge in [0, 0.05) is 30.6 Å². The largest absolute Gasteiger partial charge is 0.508 e. The second-order valence-electron chi connectivity index (χ2n) is 10.4. The maximum absolute atomic E-state index is 15.9. The number of aliphatic carboxylic acids is 1. The Kier molecular flexibility index (Phi) is 6.82. The first-order chi connectivity index (χ1) is 17.4. The van der Waals surface area contributed by atoms with Gasteiger partial charge < -0.3 is 14.7 Å². The molecule has 5 nitrogen and oxygen atoms in total. The average molecular weight is 490 g/mol. The molecule has 2 N–H and O–H groups in total. The number of carbonyl (C=O) groups is 1. The number of hydrogen-bond donors (Lipinski definition) is 2. The van der Waals surface area contributed by atoms with Gasteiger partial charge in [-0.15, -0.1) is 0 Å². The number of piperidine rings is 1. The second kappa shape index (κ2) is 10.0. The highest BCUT2D eigenvalue weighted by atomic mass is 19.1. The van der Waals surface area contributed by atoms with Crippen molar-refractivity contribution < 1.29 is 23.9 Å². The predicted molar refractivity (Wildman–Crippen MR) is 137 cm³/mol. The molecule has 0 radical (unpaired) electrons. The Hall–Kier alpha value is -3.22. The van der Waals surface area contributed by atoms with Crippen molar-refractivity contribution in [3.8, 4) is 5.75 Å². The lowest BCUT2D eigenvalue weighted by molar-refractivity contribution is -0.957. The zero-order chi connectivity index (χ0) is 25.2. The number of alkyl halides is 1. The number of halogens is 1. The molecule has 2 aliphatic heterocycles. The molecule has 2 saturated heterocycles. The fourth-order valence-corrected chi connectivity index (χ4v) is 6.42. The molecule has 0 aromatic heterocycles. The van der Waals surface area contributed by atoms with Crippen LogP contribution in [0.3, 0.4) is 0 Å². The van der Waals surface area contributed by atoms with Crippen LogP contribution in [-0.2, 0) is 23.6 Å². The highest BCUT2D eigenvalue weighted by Gasteiger charge is 2.55. The molecule has 0 aliphatic carbocycles. The molecule has 0 bridgehead atoms. The van der Waals surface area contributed by atoms with Crippen molar-refractivity contribution in [3.63, 3.8) is 0 Å². The third-order valence-electron chi connectivity index (χ3n) is 8.18. The Labute approximate surface area is 212 Å². The summed E-state index contributed by atoms with van der Waals surface area (Å²) in [6.07, 6.45) is 1.34. The van der Waals surface area contributed by atoms with E-state index in [9.17, 15) is 15.0 Å². The molecule has 6 heteroatoms. The Morgan fingerprint density at radius 1 is 0.917 bits per heavy atom. The van der Waals surface area contributed by atoms with Crippen LogP contribution in [0.25, 0.3) is 0 Å². The number of carboxylic acids is 1. The lowest BCUT2D eigenvalue weighted by Gasteiger charge is -2.43. The molecule has 0 spiro atoms. The van der Waals surface area contributed by atoms with Crippen LogP contribution in [0.2, 0.25) is 0 Å². The second-order valence-corrected chi connectivity index (χ2v) is 10.4. The van der Waals surface area contributed by atoms with Gasteiger partial charge in [-0.2, -0.15) is 0 Å². The van der Waals surface area contributed by atoms with Crippen LogP contribution in [0.15, 0.2) is 84.9 Å². The molecule has 2 fully saturated rings. The zero-order valence-corrected chi connectivity index (χ0v) is 20.5. The quantitative estimate of drug-likeness (QED) is 0.454. The minimum absolute atomic E-state index is 0.0672. The van der Waals surface area contributed by atoms with Gasteiger partial charge in [-0.1, -0.05) is 72.8 Å². The summed E-state index contributed by atoms with van der Waals surface area (Å²) >= 11 is 0. The number of rotatable bonds is 7. The number of nitrogens with zero attached hydrogens (tertiary/aromatic N) is 2.